The highest BCUT2D eigenvalue weighted by Crippen LogP contribution is 2.59. The van der Waals surface area contributed by atoms with Gasteiger partial charge in [0, 0.05) is 44.0 Å². The van der Waals surface area contributed by atoms with Crippen LogP contribution in [0.5, 0.6) is 0 Å². The Labute approximate surface area is 328 Å². The molecule has 0 fully saturated rings. The van der Waals surface area contributed by atoms with Crippen LogP contribution in [0.15, 0.2) is 182 Å². The van der Waals surface area contributed by atoms with Crippen molar-refractivity contribution in [3.63, 3.8) is 0 Å². The van der Waals surface area contributed by atoms with Gasteiger partial charge in [-0.2, -0.15) is 0 Å². The normalized spacial score (nSPS) is 14.4. The number of anilines is 3. The Morgan fingerprint density at radius 2 is 0.804 bits per heavy atom. The number of benzene rings is 8. The molecule has 0 spiro atoms. The van der Waals surface area contributed by atoms with E-state index in [-0.39, 0.29) is 10.8 Å². The van der Waals surface area contributed by atoms with Crippen LogP contribution in [0.4, 0.5) is 17.1 Å². The summed E-state index contributed by atoms with van der Waals surface area (Å²) in [7, 11) is 0. The van der Waals surface area contributed by atoms with Gasteiger partial charge in [-0.3, -0.25) is 0 Å². The lowest BCUT2D eigenvalue weighted by Gasteiger charge is -2.32. The second-order valence-corrected chi connectivity index (χ2v) is 16.5. The Bertz CT molecular complexity index is 2930. The first kappa shape index (κ1) is 32.8. The molecule has 0 saturated carbocycles. The molecule has 0 aliphatic heterocycles. The minimum atomic E-state index is -0.134. The number of para-hydroxylation sites is 3. The molecule has 0 atom stereocenters. The van der Waals surface area contributed by atoms with Crippen LogP contribution in [0.2, 0.25) is 0 Å². The van der Waals surface area contributed by atoms with Gasteiger partial charge in [-0.15, -0.1) is 0 Å². The van der Waals surface area contributed by atoms with E-state index in [1.165, 1.54) is 88.8 Å². The molecule has 2 aliphatic carbocycles. The quantitative estimate of drug-likeness (QED) is 0.172. The predicted octanol–water partition coefficient (Wildman–Crippen LogP) is 14.5. The van der Waals surface area contributed by atoms with E-state index >= 15 is 0 Å². The first-order chi connectivity index (χ1) is 27.4. The summed E-state index contributed by atoms with van der Waals surface area (Å²) in [5, 5.41) is 2.50. The van der Waals surface area contributed by atoms with Crippen LogP contribution in [0, 0.1) is 0 Å². The van der Waals surface area contributed by atoms with Gasteiger partial charge in [-0.25, -0.2) is 0 Å². The van der Waals surface area contributed by atoms with Crippen molar-refractivity contribution < 1.29 is 0 Å². The summed E-state index contributed by atoms with van der Waals surface area (Å²) in [5.74, 6) is 0. The van der Waals surface area contributed by atoms with Gasteiger partial charge in [-0.1, -0.05) is 167 Å². The maximum Gasteiger partial charge on any atom is 0.0547 e. The van der Waals surface area contributed by atoms with E-state index in [4.69, 9.17) is 0 Å². The fourth-order valence-corrected chi connectivity index (χ4v) is 10.2. The summed E-state index contributed by atoms with van der Waals surface area (Å²) in [4.78, 5) is 2.60. The van der Waals surface area contributed by atoms with Crippen molar-refractivity contribution in [3.05, 3.63) is 204 Å². The van der Waals surface area contributed by atoms with Crippen molar-refractivity contribution in [2.75, 3.05) is 4.90 Å². The topological polar surface area (TPSA) is 8.17 Å². The Balaban J connectivity index is 1.25. The zero-order valence-electron chi connectivity index (χ0n) is 32.2. The lowest BCUT2D eigenvalue weighted by molar-refractivity contribution is 0.660. The molecule has 0 bridgehead atoms. The Kier molecular flexibility index (Phi) is 6.98. The van der Waals surface area contributed by atoms with E-state index in [2.05, 4.69) is 219 Å². The highest BCUT2D eigenvalue weighted by Gasteiger charge is 2.41. The molecule has 0 radical (unpaired) electrons. The van der Waals surface area contributed by atoms with E-state index in [0.29, 0.717) is 0 Å². The van der Waals surface area contributed by atoms with E-state index < -0.39 is 0 Å². The van der Waals surface area contributed by atoms with E-state index in [0.717, 1.165) is 11.4 Å². The monoisotopic (exact) mass is 718 g/mol. The predicted molar refractivity (Wildman–Crippen MR) is 236 cm³/mol. The third-order valence-electron chi connectivity index (χ3n) is 12.8. The summed E-state index contributed by atoms with van der Waals surface area (Å²) < 4.78 is 2.42. The number of nitrogens with zero attached hydrogens (tertiary/aromatic N) is 2. The summed E-state index contributed by atoms with van der Waals surface area (Å²) in [6, 6.07) is 67.5. The van der Waals surface area contributed by atoms with Crippen LogP contribution >= 0.6 is 0 Å². The molecule has 2 aliphatic rings. The van der Waals surface area contributed by atoms with Crippen LogP contribution < -0.4 is 4.90 Å². The van der Waals surface area contributed by atoms with E-state index in [1.54, 1.807) is 0 Å². The van der Waals surface area contributed by atoms with Gasteiger partial charge >= 0.3 is 0 Å². The van der Waals surface area contributed by atoms with Gasteiger partial charge in [0.1, 0.15) is 0 Å². The molecule has 8 aromatic carbocycles. The average molecular weight is 719 g/mol. The van der Waals surface area contributed by atoms with Gasteiger partial charge in [0.05, 0.1) is 28.1 Å². The molecule has 1 heterocycles. The number of fused-ring (bicyclic) bond motifs is 9. The number of aromatic nitrogens is 1. The van der Waals surface area contributed by atoms with Crippen molar-refractivity contribution >= 4 is 38.9 Å². The van der Waals surface area contributed by atoms with Gasteiger partial charge in [-0.05, 0) is 81.4 Å². The summed E-state index contributed by atoms with van der Waals surface area (Å²) >= 11 is 0. The van der Waals surface area contributed by atoms with Crippen molar-refractivity contribution in [2.45, 2.75) is 38.5 Å². The highest BCUT2D eigenvalue weighted by molar-refractivity contribution is 6.17. The second kappa shape index (κ2) is 11.9. The van der Waals surface area contributed by atoms with Gasteiger partial charge < -0.3 is 9.47 Å². The lowest BCUT2D eigenvalue weighted by atomic mass is 9.82. The maximum absolute atomic E-state index is 2.60. The number of rotatable bonds is 5. The molecule has 0 N–H and O–H groups in total. The molecule has 0 amide bonds. The molecule has 1 aromatic heterocycles. The maximum atomic E-state index is 2.60. The molecule has 2 heteroatoms. The summed E-state index contributed by atoms with van der Waals surface area (Å²) in [5.41, 5.74) is 20.0. The zero-order chi connectivity index (χ0) is 37.8. The second-order valence-electron chi connectivity index (χ2n) is 16.5. The molecule has 0 saturated heterocycles. The van der Waals surface area contributed by atoms with Gasteiger partial charge in [0.25, 0.3) is 0 Å². The van der Waals surface area contributed by atoms with Crippen molar-refractivity contribution in [1.29, 1.82) is 0 Å². The van der Waals surface area contributed by atoms with Crippen LogP contribution in [0.3, 0.4) is 0 Å². The molecule has 0 unspecified atom stereocenters. The smallest absolute Gasteiger partial charge is 0.0547 e. The molecule has 56 heavy (non-hydrogen) atoms. The minimum Gasteiger partial charge on any atom is -0.309 e. The van der Waals surface area contributed by atoms with Crippen molar-refractivity contribution in [1.82, 2.24) is 4.57 Å². The fraction of sp³-hybridized carbons (Fsp3) is 0.111. The van der Waals surface area contributed by atoms with E-state index in [9.17, 15) is 0 Å². The third-order valence-corrected chi connectivity index (χ3v) is 12.8. The molecule has 268 valence electrons. The number of hydrogen-bond donors (Lipinski definition) is 0. The highest BCUT2D eigenvalue weighted by atomic mass is 15.2. The first-order valence-corrected chi connectivity index (χ1v) is 19.8. The third kappa shape index (κ3) is 4.44. The van der Waals surface area contributed by atoms with Crippen LogP contribution in [-0.4, -0.2) is 4.57 Å². The first-order valence-electron chi connectivity index (χ1n) is 19.8. The van der Waals surface area contributed by atoms with Crippen molar-refractivity contribution in [3.8, 4) is 39.1 Å². The van der Waals surface area contributed by atoms with Crippen molar-refractivity contribution in [2.24, 2.45) is 0 Å². The summed E-state index contributed by atoms with van der Waals surface area (Å²) in [6.07, 6.45) is 0. The molecule has 11 rings (SSSR count). The lowest BCUT2D eigenvalue weighted by Crippen LogP contribution is -2.17. The van der Waals surface area contributed by atoms with Crippen LogP contribution in [0.1, 0.15) is 49.9 Å². The standard InChI is InChI=1S/C54H42N2/c1-53(2)41-26-12-8-22-38(41)51-43(53)28-17-33-48(51)56(49-34-18-29-44-52(49)39-23-9-13-27-42(39)54(44,3)4)45-30-14-10-21-36(45)37-25-16-32-47-50(37)40-24-11-15-31-46(40)55(47)35-19-6-5-7-20-35/h5-34H,1-4H3. The Morgan fingerprint density at radius 1 is 0.357 bits per heavy atom. The Hall–Kier alpha value is -6.64. The molecule has 9 aromatic rings. The fourth-order valence-electron chi connectivity index (χ4n) is 10.2. The molecular formula is C54H42N2. The Morgan fingerprint density at radius 3 is 1.45 bits per heavy atom. The minimum absolute atomic E-state index is 0.134. The van der Waals surface area contributed by atoms with Crippen LogP contribution in [0.25, 0.3) is 60.9 Å². The van der Waals surface area contributed by atoms with Crippen LogP contribution in [-0.2, 0) is 10.8 Å². The summed E-state index contributed by atoms with van der Waals surface area (Å²) in [6.45, 7) is 9.51. The van der Waals surface area contributed by atoms with E-state index in [1.807, 2.05) is 0 Å². The largest absolute Gasteiger partial charge is 0.309 e. The molecular weight excluding hydrogens is 677 g/mol. The average Bonchev–Trinajstić information content (AvgIpc) is 3.79. The SMILES string of the molecule is CC1(C)c2ccccc2-c2c(N(c3ccccc3-c3cccc4c3c3ccccc3n4-c3ccccc3)c3cccc4c3-c3ccccc3C4(C)C)cccc21. The van der Waals surface area contributed by atoms with Gasteiger partial charge in [0.15, 0.2) is 0 Å². The van der Waals surface area contributed by atoms with Gasteiger partial charge in [0.2, 0.25) is 0 Å². The number of hydrogen-bond acceptors (Lipinski definition) is 1. The molecule has 2 nitrogen and oxygen atoms in total. The zero-order valence-corrected chi connectivity index (χ0v) is 32.2.